The third kappa shape index (κ3) is 20.5. The van der Waals surface area contributed by atoms with E-state index in [0.29, 0.717) is 55.6 Å². The monoisotopic (exact) mass is 1070 g/mol. The molecule has 4 aromatic rings. The molecule has 0 fully saturated rings. The van der Waals surface area contributed by atoms with E-state index in [1.54, 1.807) is 18.3 Å². The minimum atomic E-state index is -0.549. The zero-order valence-corrected chi connectivity index (χ0v) is 45.8. The van der Waals surface area contributed by atoms with Gasteiger partial charge in [0.2, 0.25) is 0 Å². The van der Waals surface area contributed by atoms with E-state index in [0.717, 1.165) is 97.1 Å². The van der Waals surface area contributed by atoms with Crippen LogP contribution in [-0.2, 0) is 25.5 Å². The van der Waals surface area contributed by atoms with E-state index in [4.69, 9.17) is 40.9 Å². The maximum absolute atomic E-state index is 12.2. The first kappa shape index (κ1) is 63.7. The molecule has 77 heavy (non-hydrogen) atoms. The number of nitrogens with one attached hydrogen (secondary N) is 3. The van der Waals surface area contributed by atoms with Gasteiger partial charge in [-0.2, -0.15) is 0 Å². The SMILES string of the molecule is C.CC(C)(C)OC(=O)C=N/C(=C\N)CC1CCOc2ccc(N)cc21.CCCN(C(=O)NC)c1ccc2c(c1)C(Cc1cnc[nH]1)CCO2.CCCNc1ccc2c(c1)C(C/C(=C/N)N=CC(=O)OC(C)(C)C)CCO2.F. The van der Waals surface area contributed by atoms with Crippen LogP contribution in [0.2, 0.25) is 0 Å². The Balaban J connectivity index is 0.000000301. The second-order valence-electron chi connectivity index (χ2n) is 20.5. The van der Waals surface area contributed by atoms with Crippen molar-refractivity contribution in [1.82, 2.24) is 15.3 Å². The number of amides is 2. The average Bonchev–Trinajstić information content (AvgIpc) is 3.90. The number of esters is 2. The Kier molecular flexibility index (Phi) is 25.5. The number of hydrogen-bond donors (Lipinski definition) is 6. The molecule has 18 nitrogen and oxygen atoms in total. The number of aliphatic imine (C=N–C) groups is 2. The summed E-state index contributed by atoms with van der Waals surface area (Å²) in [6.45, 7) is 18.7. The van der Waals surface area contributed by atoms with Crippen molar-refractivity contribution in [3.63, 3.8) is 0 Å². The van der Waals surface area contributed by atoms with E-state index < -0.39 is 23.1 Å². The molecule has 0 saturated carbocycles. The third-order valence-electron chi connectivity index (χ3n) is 12.1. The van der Waals surface area contributed by atoms with Gasteiger partial charge in [-0.1, -0.05) is 21.3 Å². The van der Waals surface area contributed by atoms with Crippen LogP contribution in [0.1, 0.15) is 148 Å². The maximum Gasteiger partial charge on any atom is 0.349 e. The lowest BCUT2D eigenvalue weighted by molar-refractivity contribution is -0.146. The lowest BCUT2D eigenvalue weighted by Crippen LogP contribution is -2.38. The number of nitrogens with zero attached hydrogens (tertiary/aromatic N) is 4. The van der Waals surface area contributed by atoms with E-state index in [9.17, 15) is 14.4 Å². The summed E-state index contributed by atoms with van der Waals surface area (Å²) in [4.78, 5) is 53.2. The van der Waals surface area contributed by atoms with E-state index in [1.807, 2.05) is 90.2 Å². The first-order valence-electron chi connectivity index (χ1n) is 25.9. The molecule has 9 N–H and O–H groups in total. The molecular formula is C58H85FN10O8. The molecule has 2 amide bonds. The highest BCUT2D eigenvalue weighted by Gasteiger charge is 2.27. The van der Waals surface area contributed by atoms with Crippen molar-refractivity contribution in [3.05, 3.63) is 113 Å². The molecule has 0 spiro atoms. The van der Waals surface area contributed by atoms with Crippen LogP contribution in [0.15, 0.2) is 101 Å². The lowest BCUT2D eigenvalue weighted by atomic mass is 9.89. The second-order valence-corrected chi connectivity index (χ2v) is 20.5. The summed E-state index contributed by atoms with van der Waals surface area (Å²) in [5.74, 6) is 2.50. The van der Waals surface area contributed by atoms with Crippen LogP contribution in [0.25, 0.3) is 0 Å². The molecular weight excluding hydrogens is 984 g/mol. The number of H-pyrrole nitrogens is 1. The Morgan fingerprint density at radius 1 is 0.753 bits per heavy atom. The van der Waals surface area contributed by atoms with Crippen molar-refractivity contribution in [1.29, 1.82) is 0 Å². The Bertz CT molecular complexity index is 2620. The van der Waals surface area contributed by atoms with E-state index in [-0.39, 0.29) is 30.0 Å². The van der Waals surface area contributed by atoms with Crippen LogP contribution < -0.4 is 46.9 Å². The number of rotatable bonds is 16. The average molecular weight is 1070 g/mol. The van der Waals surface area contributed by atoms with Gasteiger partial charge in [-0.3, -0.25) is 19.6 Å². The standard InChI is InChI=1S/C21H31N3O3.C18H24N4O2.C18H25N3O3.CH4.FH/c1-5-9-23-16-6-7-19-18(12-16)15(8-10-26-19)11-17(13-22)24-14-20(25)27-21(2,3)4;1-3-7-22(18(23)19-2)15-4-5-17-16(10-15)13(6-8-24-17)9-14-11-20-12-21-14;1-18(2,3)24-17(22)11-21-14(10-19)8-12-6-7-23-16-5-4-13(20)9-15(12)16;;/h6-7,12-15,23H,5,8-11,22H2,1-4H3;4-5,10-13H,3,6-9H2,1-2H3,(H,19,23)(H,20,21);4-5,9-12H,6-8,19-20H2,1-3H3;1H4;1H/b17-13-,24-14?;;14-10-,21-11?;;. The lowest BCUT2D eigenvalue weighted by Gasteiger charge is -2.28. The molecule has 4 heterocycles. The van der Waals surface area contributed by atoms with Crippen LogP contribution in [-0.4, -0.2) is 91.5 Å². The number of aromatic nitrogens is 2. The molecule has 3 aliphatic rings. The first-order valence-corrected chi connectivity index (χ1v) is 25.9. The fraction of sp³-hybridized carbons (Fsp3) is 0.483. The van der Waals surface area contributed by atoms with Crippen molar-refractivity contribution in [3.8, 4) is 17.2 Å². The summed E-state index contributed by atoms with van der Waals surface area (Å²) in [6.07, 6.45) is 15.6. The van der Waals surface area contributed by atoms with Gasteiger partial charge in [-0.05, 0) is 182 Å². The van der Waals surface area contributed by atoms with Crippen LogP contribution in [0, 0.1) is 0 Å². The number of aromatic amines is 1. The molecule has 3 aromatic carbocycles. The van der Waals surface area contributed by atoms with Gasteiger partial charge < -0.3 is 56.5 Å². The smallest absolute Gasteiger partial charge is 0.349 e. The number of fused-ring (bicyclic) bond motifs is 3. The Hall–Kier alpha value is -7.57. The van der Waals surface area contributed by atoms with Crippen LogP contribution in [0.4, 0.5) is 26.6 Å². The highest BCUT2D eigenvalue weighted by atomic mass is 19.0. The van der Waals surface area contributed by atoms with Gasteiger partial charge in [0.1, 0.15) is 40.9 Å². The zero-order chi connectivity index (χ0) is 54.5. The van der Waals surface area contributed by atoms with Crippen molar-refractivity contribution < 1.29 is 42.8 Å². The molecule has 19 heteroatoms. The number of urea groups is 1. The number of hydrogen-bond acceptors (Lipinski definition) is 15. The molecule has 1 aromatic heterocycles. The molecule has 3 aliphatic heterocycles. The minimum Gasteiger partial charge on any atom is -0.493 e. The number of ether oxygens (including phenoxy) is 5. The largest absolute Gasteiger partial charge is 0.493 e. The van der Waals surface area contributed by atoms with Crippen molar-refractivity contribution in [2.24, 2.45) is 21.5 Å². The van der Waals surface area contributed by atoms with Crippen LogP contribution in [0.5, 0.6) is 17.2 Å². The minimum absolute atomic E-state index is 0. The zero-order valence-electron chi connectivity index (χ0n) is 45.8. The molecule has 0 saturated heterocycles. The number of benzene rings is 3. The number of nitrogens with two attached hydrogens (primary N) is 3. The van der Waals surface area contributed by atoms with E-state index >= 15 is 0 Å². The highest BCUT2D eigenvalue weighted by molar-refractivity contribution is 6.23. The fourth-order valence-electron chi connectivity index (χ4n) is 8.71. The van der Waals surface area contributed by atoms with E-state index in [1.165, 1.54) is 30.4 Å². The first-order chi connectivity index (χ1) is 35.8. The number of halogens is 1. The Morgan fingerprint density at radius 3 is 1.74 bits per heavy atom. The van der Waals surface area contributed by atoms with Gasteiger partial charge >= 0.3 is 18.0 Å². The topological polar surface area (TPSA) is 256 Å². The third-order valence-corrected chi connectivity index (χ3v) is 12.1. The van der Waals surface area contributed by atoms with Gasteiger partial charge in [0.05, 0.1) is 37.5 Å². The van der Waals surface area contributed by atoms with Gasteiger partial charge in [0.25, 0.3) is 0 Å². The normalized spacial score (nSPS) is 16.8. The Labute approximate surface area is 455 Å². The molecule has 0 radical (unpaired) electrons. The summed E-state index contributed by atoms with van der Waals surface area (Å²) >= 11 is 0. The van der Waals surface area contributed by atoms with Gasteiger partial charge in [0.15, 0.2) is 0 Å². The van der Waals surface area contributed by atoms with Gasteiger partial charge in [-0.25, -0.2) is 19.4 Å². The summed E-state index contributed by atoms with van der Waals surface area (Å²) in [5, 5.41) is 6.13. The predicted octanol–water partition coefficient (Wildman–Crippen LogP) is 10.6. The molecule has 0 aliphatic carbocycles. The predicted molar refractivity (Wildman–Crippen MR) is 307 cm³/mol. The summed E-state index contributed by atoms with van der Waals surface area (Å²) < 4.78 is 27.7. The maximum atomic E-state index is 12.2. The quantitative estimate of drug-likeness (QED) is 0.0347. The molecule has 3 unspecified atom stereocenters. The molecule has 0 bridgehead atoms. The Morgan fingerprint density at radius 2 is 1.26 bits per heavy atom. The number of imidazole rings is 1. The van der Waals surface area contributed by atoms with Crippen molar-refractivity contribution in [2.45, 2.75) is 143 Å². The van der Waals surface area contributed by atoms with E-state index in [2.05, 4.69) is 56.6 Å². The van der Waals surface area contributed by atoms with Crippen molar-refractivity contribution >= 4 is 47.5 Å². The molecule has 422 valence electrons. The fourth-order valence-corrected chi connectivity index (χ4v) is 8.71. The van der Waals surface area contributed by atoms with Crippen molar-refractivity contribution in [2.75, 3.05) is 55.9 Å². The number of carbonyl (C=O) groups excluding carboxylic acids is 3. The summed E-state index contributed by atoms with van der Waals surface area (Å²) in [7, 11) is 1.66. The second kappa shape index (κ2) is 30.8. The van der Waals surface area contributed by atoms with Crippen LogP contribution >= 0.6 is 0 Å². The number of allylic oxidation sites excluding steroid dienone is 2. The van der Waals surface area contributed by atoms with Gasteiger partial charge in [0, 0.05) is 61.5 Å². The summed E-state index contributed by atoms with van der Waals surface area (Å²) in [6, 6.07) is 17.8. The van der Waals surface area contributed by atoms with Crippen LogP contribution in [0.3, 0.4) is 0 Å². The number of carbonyl (C=O) groups is 3. The van der Waals surface area contributed by atoms with Gasteiger partial charge in [-0.15, -0.1) is 0 Å². The molecule has 7 rings (SSSR count). The highest BCUT2D eigenvalue weighted by Crippen LogP contribution is 2.41. The summed E-state index contributed by atoms with van der Waals surface area (Å²) in [5.41, 5.74) is 24.7. The molecule has 3 atom stereocenters. The number of anilines is 3. The number of nitrogen functional groups attached to an aromatic ring is 1.